The number of rotatable bonds is 3. The highest BCUT2D eigenvalue weighted by Gasteiger charge is 2.34. The largest absolute Gasteiger partial charge is 0.508 e. The highest BCUT2D eigenvalue weighted by molar-refractivity contribution is 6.03. The summed E-state index contributed by atoms with van der Waals surface area (Å²) in [5.41, 5.74) is 0.125. The van der Waals surface area contributed by atoms with Crippen LogP contribution in [0.2, 0.25) is 0 Å². The lowest BCUT2D eigenvalue weighted by Crippen LogP contribution is -2.51. The standard InChI is InChI=1S/C26H24F2N4O2/c1-2-13-4-3-5-14-8-17(33)9-18(21(13)14)22-20(27)10-19-24(23(22)28)30-26(34)31-25(19)32-11-15-6-7-16(12-32)29-15/h3-5,8-10,15-16,29,33H,2,6-7,11-12H2,1H3,(H,30,31,34). The predicted octanol–water partition coefficient (Wildman–Crippen LogP) is 4.23. The number of H-pyrrole nitrogens is 1. The van der Waals surface area contributed by atoms with Crippen molar-refractivity contribution in [1.82, 2.24) is 15.3 Å². The molecule has 0 spiro atoms. The summed E-state index contributed by atoms with van der Waals surface area (Å²) >= 11 is 0. The molecule has 2 aliphatic heterocycles. The van der Waals surface area contributed by atoms with Gasteiger partial charge in [-0.2, -0.15) is 4.98 Å². The van der Waals surface area contributed by atoms with Crippen molar-refractivity contribution in [2.24, 2.45) is 0 Å². The first-order valence-electron chi connectivity index (χ1n) is 11.6. The van der Waals surface area contributed by atoms with Crippen molar-refractivity contribution in [2.45, 2.75) is 38.3 Å². The number of nitrogens with one attached hydrogen (secondary N) is 2. The molecule has 1 aromatic heterocycles. The first-order chi connectivity index (χ1) is 16.4. The normalized spacial score (nSPS) is 19.9. The average molecular weight is 463 g/mol. The molecule has 2 saturated heterocycles. The van der Waals surface area contributed by atoms with Crippen LogP contribution in [0.3, 0.4) is 0 Å². The number of aromatic nitrogens is 2. The van der Waals surface area contributed by atoms with Gasteiger partial charge in [0.15, 0.2) is 5.82 Å². The van der Waals surface area contributed by atoms with E-state index in [1.807, 2.05) is 24.0 Å². The SMILES string of the molecule is CCc1cccc2cc(O)cc(-c3c(F)cc4c(N5CC6CCC(C5)N6)nc(=O)[nH]c4c3F)c12. The molecule has 3 N–H and O–H groups in total. The van der Waals surface area contributed by atoms with Gasteiger partial charge in [-0.1, -0.05) is 25.1 Å². The zero-order chi connectivity index (χ0) is 23.6. The Labute approximate surface area is 194 Å². The van der Waals surface area contributed by atoms with Crippen LogP contribution < -0.4 is 15.9 Å². The Balaban J connectivity index is 1.61. The maximum atomic E-state index is 16.1. The maximum Gasteiger partial charge on any atom is 0.347 e. The van der Waals surface area contributed by atoms with Crippen LogP contribution >= 0.6 is 0 Å². The fourth-order valence-electron chi connectivity index (χ4n) is 5.65. The second kappa shape index (κ2) is 7.77. The van der Waals surface area contributed by atoms with Gasteiger partial charge in [0.2, 0.25) is 0 Å². The lowest BCUT2D eigenvalue weighted by Gasteiger charge is -2.34. The predicted molar refractivity (Wildman–Crippen MR) is 128 cm³/mol. The molecule has 174 valence electrons. The number of benzene rings is 3. The first-order valence-corrected chi connectivity index (χ1v) is 11.6. The van der Waals surface area contributed by atoms with Crippen molar-refractivity contribution in [1.29, 1.82) is 0 Å². The highest BCUT2D eigenvalue weighted by Crippen LogP contribution is 2.40. The number of hydrogen-bond acceptors (Lipinski definition) is 5. The molecule has 0 amide bonds. The molecule has 2 aliphatic rings. The number of aromatic hydroxyl groups is 1. The number of nitrogens with zero attached hydrogens (tertiary/aromatic N) is 2. The van der Waals surface area contributed by atoms with Gasteiger partial charge in [-0.25, -0.2) is 13.6 Å². The summed E-state index contributed by atoms with van der Waals surface area (Å²) in [7, 11) is 0. The minimum absolute atomic E-state index is 0.0808. The fraction of sp³-hybridized carbons (Fsp3) is 0.308. The molecule has 34 heavy (non-hydrogen) atoms. The van der Waals surface area contributed by atoms with Crippen molar-refractivity contribution in [3.63, 3.8) is 0 Å². The van der Waals surface area contributed by atoms with Crippen molar-refractivity contribution in [3.8, 4) is 16.9 Å². The van der Waals surface area contributed by atoms with Crippen molar-refractivity contribution in [2.75, 3.05) is 18.0 Å². The maximum absolute atomic E-state index is 16.1. The van der Waals surface area contributed by atoms with E-state index in [-0.39, 0.29) is 39.9 Å². The van der Waals surface area contributed by atoms with Crippen LogP contribution in [-0.2, 0) is 6.42 Å². The van der Waals surface area contributed by atoms with Gasteiger partial charge in [0, 0.05) is 30.6 Å². The lowest BCUT2D eigenvalue weighted by molar-refractivity contribution is 0.464. The summed E-state index contributed by atoms with van der Waals surface area (Å²) < 4.78 is 31.8. The fourth-order valence-corrected chi connectivity index (χ4v) is 5.65. The van der Waals surface area contributed by atoms with Gasteiger partial charge in [-0.3, -0.25) is 0 Å². The van der Waals surface area contributed by atoms with Crippen LogP contribution in [0, 0.1) is 11.6 Å². The molecule has 3 aromatic carbocycles. The minimum atomic E-state index is -0.869. The zero-order valence-electron chi connectivity index (χ0n) is 18.7. The molecule has 0 aliphatic carbocycles. The Bertz CT molecular complexity index is 1500. The third-order valence-corrected chi connectivity index (χ3v) is 7.11. The number of phenols is 1. The Morgan fingerprint density at radius 1 is 1.15 bits per heavy atom. The smallest absolute Gasteiger partial charge is 0.347 e. The lowest BCUT2D eigenvalue weighted by atomic mass is 9.92. The van der Waals surface area contributed by atoms with Gasteiger partial charge in [0.05, 0.1) is 11.1 Å². The topological polar surface area (TPSA) is 81.2 Å². The Morgan fingerprint density at radius 3 is 2.65 bits per heavy atom. The molecule has 2 bridgehead atoms. The van der Waals surface area contributed by atoms with Crippen LogP contribution in [0.5, 0.6) is 5.75 Å². The van der Waals surface area contributed by atoms with Crippen LogP contribution in [0.4, 0.5) is 14.6 Å². The number of piperazine rings is 1. The van der Waals surface area contributed by atoms with Gasteiger partial charge >= 0.3 is 5.69 Å². The Kier molecular flexibility index (Phi) is 4.81. The number of halogens is 2. The third kappa shape index (κ3) is 3.24. The van der Waals surface area contributed by atoms with Crippen molar-refractivity contribution in [3.05, 3.63) is 64.1 Å². The molecular weight excluding hydrogens is 438 g/mol. The van der Waals surface area contributed by atoms with Crippen LogP contribution in [-0.4, -0.2) is 40.2 Å². The summed E-state index contributed by atoms with van der Waals surface area (Å²) in [6, 6.07) is 10.3. The molecular formula is C26H24F2N4O2. The number of fused-ring (bicyclic) bond motifs is 4. The number of aryl methyl sites for hydroxylation is 1. The molecule has 2 atom stereocenters. The van der Waals surface area contributed by atoms with E-state index in [2.05, 4.69) is 15.3 Å². The summed E-state index contributed by atoms with van der Waals surface area (Å²) in [4.78, 5) is 21.0. The zero-order valence-corrected chi connectivity index (χ0v) is 18.7. The van der Waals surface area contributed by atoms with Gasteiger partial charge < -0.3 is 20.3 Å². The van der Waals surface area contributed by atoms with Gasteiger partial charge in [0.25, 0.3) is 0 Å². The summed E-state index contributed by atoms with van der Waals surface area (Å²) in [6.07, 6.45) is 2.71. The molecule has 6 nitrogen and oxygen atoms in total. The monoisotopic (exact) mass is 462 g/mol. The average Bonchev–Trinajstić information content (AvgIpc) is 3.15. The Hall–Kier alpha value is -3.52. The summed E-state index contributed by atoms with van der Waals surface area (Å²) in [5, 5.41) is 15.4. The van der Waals surface area contributed by atoms with Crippen LogP contribution in [0.15, 0.2) is 41.2 Å². The van der Waals surface area contributed by atoms with Gasteiger partial charge in [-0.05, 0) is 59.4 Å². The number of aromatic amines is 1. The van der Waals surface area contributed by atoms with Crippen molar-refractivity contribution >= 4 is 27.5 Å². The van der Waals surface area contributed by atoms with E-state index >= 15 is 8.78 Å². The van der Waals surface area contributed by atoms with Gasteiger partial charge in [-0.15, -0.1) is 0 Å². The molecule has 4 aromatic rings. The molecule has 0 saturated carbocycles. The molecule has 2 unspecified atom stereocenters. The van der Waals surface area contributed by atoms with Crippen molar-refractivity contribution < 1.29 is 13.9 Å². The number of phenolic OH excluding ortho intramolecular Hbond substituents is 1. The van der Waals surface area contributed by atoms with E-state index in [0.717, 1.165) is 18.4 Å². The van der Waals surface area contributed by atoms with E-state index in [9.17, 15) is 9.90 Å². The van der Waals surface area contributed by atoms with Gasteiger partial charge in [0.1, 0.15) is 17.4 Å². The van der Waals surface area contributed by atoms with E-state index in [1.165, 1.54) is 12.1 Å². The van der Waals surface area contributed by atoms with Crippen LogP contribution in [0.1, 0.15) is 25.3 Å². The van der Waals surface area contributed by atoms with E-state index in [1.54, 1.807) is 12.1 Å². The highest BCUT2D eigenvalue weighted by atomic mass is 19.1. The second-order valence-electron chi connectivity index (χ2n) is 9.24. The number of hydrogen-bond donors (Lipinski definition) is 3. The first kappa shape index (κ1) is 21.0. The summed E-state index contributed by atoms with van der Waals surface area (Å²) in [6.45, 7) is 3.22. The molecule has 0 radical (unpaired) electrons. The molecule has 2 fully saturated rings. The minimum Gasteiger partial charge on any atom is -0.508 e. The molecule has 6 rings (SSSR count). The molecule has 8 heteroatoms. The van der Waals surface area contributed by atoms with Crippen LogP contribution in [0.25, 0.3) is 32.8 Å². The van der Waals surface area contributed by atoms with E-state index in [4.69, 9.17) is 0 Å². The Morgan fingerprint density at radius 2 is 1.91 bits per heavy atom. The van der Waals surface area contributed by atoms with E-state index in [0.29, 0.717) is 36.1 Å². The third-order valence-electron chi connectivity index (χ3n) is 7.11. The summed E-state index contributed by atoms with van der Waals surface area (Å²) in [5.74, 6) is -1.42. The molecule has 3 heterocycles. The van der Waals surface area contributed by atoms with E-state index < -0.39 is 17.3 Å². The second-order valence-corrected chi connectivity index (χ2v) is 9.24. The number of anilines is 1. The quantitative estimate of drug-likeness (QED) is 0.425.